The molecule has 2 aliphatic rings. The summed E-state index contributed by atoms with van der Waals surface area (Å²) in [6.45, 7) is 4.80. The smallest absolute Gasteiger partial charge is 0.0661 e. The Morgan fingerprint density at radius 1 is 0.903 bits per heavy atom. The number of anilines is 1. The third-order valence-corrected chi connectivity index (χ3v) is 7.84. The maximum Gasteiger partial charge on any atom is 0.0661 e. The number of rotatable bonds is 11. The number of para-hydroxylation sites is 1. The van der Waals surface area contributed by atoms with E-state index >= 15 is 0 Å². The Labute approximate surface area is 190 Å². The van der Waals surface area contributed by atoms with Gasteiger partial charge < -0.3 is 5.32 Å². The van der Waals surface area contributed by atoms with Gasteiger partial charge in [0.1, 0.15) is 0 Å². The summed E-state index contributed by atoms with van der Waals surface area (Å²) in [5, 5.41) is 4.08. The second-order valence-electron chi connectivity index (χ2n) is 9.98. The number of hydrogen-bond donors (Lipinski definition) is 1. The molecule has 0 aromatic heterocycles. The molecule has 3 atom stereocenters. The first-order chi connectivity index (χ1) is 15.2. The minimum absolute atomic E-state index is 0.105. The Morgan fingerprint density at radius 3 is 2.32 bits per heavy atom. The van der Waals surface area contributed by atoms with E-state index in [9.17, 15) is 0 Å². The zero-order valence-electron chi connectivity index (χ0n) is 19.7. The molecule has 1 unspecified atom stereocenters. The molecule has 1 heteroatoms. The van der Waals surface area contributed by atoms with Gasteiger partial charge in [-0.3, -0.25) is 0 Å². The molecule has 2 aromatic rings. The lowest BCUT2D eigenvalue weighted by atomic mass is 9.80. The summed E-state index contributed by atoms with van der Waals surface area (Å²) in [4.78, 5) is 0. The minimum atomic E-state index is 0.105. The largest absolute Gasteiger partial charge is 0.375 e. The first kappa shape index (κ1) is 22.2. The zero-order valence-corrected chi connectivity index (χ0v) is 19.7. The van der Waals surface area contributed by atoms with Gasteiger partial charge in [-0.05, 0) is 60.8 Å². The molecule has 0 saturated heterocycles. The highest BCUT2D eigenvalue weighted by molar-refractivity contribution is 5.82. The summed E-state index contributed by atoms with van der Waals surface area (Å²) in [6.07, 6.45) is 14.9. The molecule has 0 bridgehead atoms. The maximum atomic E-state index is 4.08. The average Bonchev–Trinajstić information content (AvgIpc) is 3.32. The van der Waals surface area contributed by atoms with Gasteiger partial charge in [0, 0.05) is 5.69 Å². The monoisotopic (exact) mass is 415 g/mol. The van der Waals surface area contributed by atoms with Crippen molar-refractivity contribution in [2.75, 3.05) is 5.32 Å². The van der Waals surface area contributed by atoms with E-state index in [2.05, 4.69) is 79.8 Å². The first-order valence-corrected chi connectivity index (χ1v) is 12.9. The topological polar surface area (TPSA) is 12.0 Å². The molecular weight excluding hydrogens is 374 g/mol. The normalized spacial score (nSPS) is 23.7. The van der Waals surface area contributed by atoms with Crippen LogP contribution in [0, 0.1) is 11.8 Å². The van der Waals surface area contributed by atoms with Crippen LogP contribution in [0.4, 0.5) is 5.69 Å². The van der Waals surface area contributed by atoms with Crippen molar-refractivity contribution in [3.8, 4) is 0 Å². The number of hydrogen-bond acceptors (Lipinski definition) is 1. The molecule has 166 valence electrons. The van der Waals surface area contributed by atoms with Crippen LogP contribution in [0.5, 0.6) is 0 Å². The van der Waals surface area contributed by atoms with E-state index < -0.39 is 0 Å². The molecule has 0 amide bonds. The van der Waals surface area contributed by atoms with Crippen LogP contribution in [0.2, 0.25) is 0 Å². The Kier molecular flexibility index (Phi) is 7.54. The summed E-state index contributed by atoms with van der Waals surface area (Å²) < 4.78 is 0. The van der Waals surface area contributed by atoms with Crippen LogP contribution in [0.1, 0.15) is 90.0 Å². The third-order valence-electron chi connectivity index (χ3n) is 7.84. The summed E-state index contributed by atoms with van der Waals surface area (Å²) >= 11 is 0. The van der Waals surface area contributed by atoms with Gasteiger partial charge in [-0.1, -0.05) is 113 Å². The SMILES string of the molecule is CCCCCCCCC(C)C1=C(c2ccccc2)[C@]2(Nc3ccccc3)CCC[C@@H]2C1. The van der Waals surface area contributed by atoms with Crippen molar-refractivity contribution in [1.82, 2.24) is 0 Å². The zero-order chi connectivity index (χ0) is 21.5. The predicted octanol–water partition coefficient (Wildman–Crippen LogP) is 8.88. The molecule has 0 heterocycles. The molecule has 0 aliphatic heterocycles. The summed E-state index contributed by atoms with van der Waals surface area (Å²) in [5.41, 5.74) is 6.20. The fraction of sp³-hybridized carbons (Fsp3) is 0.533. The van der Waals surface area contributed by atoms with Gasteiger partial charge in [0.2, 0.25) is 0 Å². The van der Waals surface area contributed by atoms with Crippen molar-refractivity contribution in [1.29, 1.82) is 0 Å². The van der Waals surface area contributed by atoms with Crippen molar-refractivity contribution in [2.24, 2.45) is 11.8 Å². The van der Waals surface area contributed by atoms with Gasteiger partial charge in [0.15, 0.2) is 0 Å². The van der Waals surface area contributed by atoms with Crippen LogP contribution in [-0.4, -0.2) is 5.54 Å². The quantitative estimate of drug-likeness (QED) is 0.361. The summed E-state index contributed by atoms with van der Waals surface area (Å²) in [5.74, 6) is 1.41. The van der Waals surface area contributed by atoms with Crippen LogP contribution in [0.25, 0.3) is 5.57 Å². The lowest BCUT2D eigenvalue weighted by molar-refractivity contribution is 0.442. The fourth-order valence-corrected chi connectivity index (χ4v) is 6.24. The molecule has 1 fully saturated rings. The molecule has 1 N–H and O–H groups in total. The predicted molar refractivity (Wildman–Crippen MR) is 135 cm³/mol. The second kappa shape index (κ2) is 10.5. The van der Waals surface area contributed by atoms with Crippen LogP contribution in [-0.2, 0) is 0 Å². The van der Waals surface area contributed by atoms with Gasteiger partial charge in [-0.25, -0.2) is 0 Å². The maximum absolute atomic E-state index is 4.08. The van der Waals surface area contributed by atoms with E-state index in [0.717, 1.165) is 5.92 Å². The van der Waals surface area contributed by atoms with Crippen LogP contribution in [0.15, 0.2) is 66.2 Å². The Balaban J connectivity index is 1.60. The highest BCUT2D eigenvalue weighted by Crippen LogP contribution is 2.57. The van der Waals surface area contributed by atoms with E-state index in [1.54, 1.807) is 11.1 Å². The molecule has 0 spiro atoms. The van der Waals surface area contributed by atoms with Crippen molar-refractivity contribution in [2.45, 2.75) is 90.0 Å². The van der Waals surface area contributed by atoms with E-state index in [4.69, 9.17) is 0 Å². The number of benzene rings is 2. The van der Waals surface area contributed by atoms with Gasteiger partial charge in [0.25, 0.3) is 0 Å². The number of allylic oxidation sites excluding steroid dienone is 1. The third kappa shape index (κ3) is 4.92. The first-order valence-electron chi connectivity index (χ1n) is 12.9. The molecule has 4 rings (SSSR count). The molecular formula is C30H41N. The highest BCUT2D eigenvalue weighted by Gasteiger charge is 2.52. The molecule has 2 aromatic carbocycles. The van der Waals surface area contributed by atoms with E-state index in [1.165, 1.54) is 81.9 Å². The molecule has 1 saturated carbocycles. The van der Waals surface area contributed by atoms with E-state index in [1.807, 2.05) is 0 Å². The van der Waals surface area contributed by atoms with Gasteiger partial charge in [-0.15, -0.1) is 0 Å². The lowest BCUT2D eigenvalue weighted by Gasteiger charge is -2.36. The Morgan fingerprint density at radius 2 is 1.58 bits per heavy atom. The highest BCUT2D eigenvalue weighted by atomic mass is 15.0. The Bertz CT molecular complexity index is 837. The lowest BCUT2D eigenvalue weighted by Crippen LogP contribution is -2.40. The molecule has 31 heavy (non-hydrogen) atoms. The molecule has 2 aliphatic carbocycles. The van der Waals surface area contributed by atoms with Crippen LogP contribution >= 0.6 is 0 Å². The van der Waals surface area contributed by atoms with Crippen molar-refractivity contribution >= 4 is 11.3 Å². The van der Waals surface area contributed by atoms with Gasteiger partial charge >= 0.3 is 0 Å². The summed E-state index contributed by atoms with van der Waals surface area (Å²) in [7, 11) is 0. The Hall–Kier alpha value is -2.02. The van der Waals surface area contributed by atoms with E-state index in [0.29, 0.717) is 5.92 Å². The van der Waals surface area contributed by atoms with Crippen LogP contribution < -0.4 is 5.32 Å². The molecule has 0 radical (unpaired) electrons. The molecule has 1 nitrogen and oxygen atoms in total. The minimum Gasteiger partial charge on any atom is -0.375 e. The van der Waals surface area contributed by atoms with Crippen molar-refractivity contribution in [3.05, 3.63) is 71.8 Å². The fourth-order valence-electron chi connectivity index (χ4n) is 6.24. The van der Waals surface area contributed by atoms with Crippen molar-refractivity contribution < 1.29 is 0 Å². The number of nitrogens with one attached hydrogen (secondary N) is 1. The average molecular weight is 416 g/mol. The van der Waals surface area contributed by atoms with Crippen molar-refractivity contribution in [3.63, 3.8) is 0 Å². The standard InChI is InChI=1S/C30H41N/c1-3-4-5-6-7-10-16-24(2)28-23-26-19-15-22-30(26,31-27-20-13-9-14-21-27)29(28)25-17-11-8-12-18-25/h8-9,11-14,17-18,20-21,24,26,31H,3-7,10,15-16,19,22-23H2,1-2H3/t24?,26-,30+/m1/s1. The second-order valence-corrected chi connectivity index (χ2v) is 9.98. The van der Waals surface area contributed by atoms with Gasteiger partial charge in [-0.2, -0.15) is 0 Å². The van der Waals surface area contributed by atoms with E-state index in [-0.39, 0.29) is 5.54 Å². The van der Waals surface area contributed by atoms with Crippen LogP contribution in [0.3, 0.4) is 0 Å². The summed E-state index contributed by atoms with van der Waals surface area (Å²) in [6, 6.07) is 22.2. The van der Waals surface area contributed by atoms with Gasteiger partial charge in [0.05, 0.1) is 5.54 Å². The number of unbranched alkanes of at least 4 members (excludes halogenated alkanes) is 5. The number of fused-ring (bicyclic) bond motifs is 1.